The molecule has 0 amide bonds. The number of pyridine rings is 1. The number of aromatic nitrogens is 1. The molecule has 1 heterocycles. The molecule has 96 valence electrons. The summed E-state index contributed by atoms with van der Waals surface area (Å²) in [6, 6.07) is 2.82. The topological polar surface area (TPSA) is 132 Å². The Kier molecular flexibility index (Phi) is 4.14. The first-order valence-electron chi connectivity index (χ1n) is 5.00. The quantitative estimate of drug-likeness (QED) is 0.496. The number of nitrogens with zero attached hydrogens (tertiary/aromatic N) is 3. The van der Waals surface area contributed by atoms with E-state index in [-0.39, 0.29) is 17.1 Å². The summed E-state index contributed by atoms with van der Waals surface area (Å²) in [6.07, 6.45) is 1.17. The molecule has 18 heavy (non-hydrogen) atoms. The number of hydrogen-bond donors (Lipinski definition) is 3. The summed E-state index contributed by atoms with van der Waals surface area (Å²) in [4.78, 5) is 13.9. The smallest absolute Gasteiger partial charge is 0.312 e. The first-order valence-corrected chi connectivity index (χ1v) is 5.00. The van der Waals surface area contributed by atoms with Crippen molar-refractivity contribution in [2.75, 3.05) is 18.5 Å². The molecule has 0 bridgehead atoms. The fraction of sp³-hybridized carbons (Fsp3) is 0.400. The Labute approximate surface area is 103 Å². The van der Waals surface area contributed by atoms with E-state index in [1.165, 1.54) is 13.1 Å². The Morgan fingerprint density at radius 1 is 1.61 bits per heavy atom. The average Bonchev–Trinajstić information content (AvgIpc) is 2.38. The van der Waals surface area contributed by atoms with E-state index < -0.39 is 23.7 Å². The third kappa shape index (κ3) is 2.91. The third-order valence-corrected chi connectivity index (χ3v) is 2.31. The van der Waals surface area contributed by atoms with Gasteiger partial charge in [0.2, 0.25) is 5.82 Å². The predicted octanol–water partition coefficient (Wildman–Crippen LogP) is 0.0167. The second-order valence-electron chi connectivity index (χ2n) is 3.96. The molecule has 0 aromatic carbocycles. The highest BCUT2D eigenvalue weighted by Crippen LogP contribution is 2.25. The van der Waals surface area contributed by atoms with Crippen LogP contribution in [0.2, 0.25) is 0 Å². The van der Waals surface area contributed by atoms with Gasteiger partial charge in [-0.25, -0.2) is 4.98 Å². The van der Waals surface area contributed by atoms with Gasteiger partial charge in [0.1, 0.15) is 6.07 Å². The molecular weight excluding hydrogens is 240 g/mol. The van der Waals surface area contributed by atoms with Crippen LogP contribution in [0.4, 0.5) is 11.5 Å². The summed E-state index contributed by atoms with van der Waals surface area (Å²) in [7, 11) is 0. The molecule has 0 aliphatic carbocycles. The molecule has 1 rings (SSSR count). The zero-order chi connectivity index (χ0) is 13.8. The third-order valence-electron chi connectivity index (χ3n) is 2.31. The van der Waals surface area contributed by atoms with Crippen LogP contribution in [0.15, 0.2) is 12.3 Å². The molecule has 0 saturated carbocycles. The lowest BCUT2D eigenvalue weighted by molar-refractivity contribution is -0.384. The summed E-state index contributed by atoms with van der Waals surface area (Å²) in [5.41, 5.74) is -1.46. The highest BCUT2D eigenvalue weighted by atomic mass is 16.6. The normalized spacial score (nSPS) is 10.8. The second-order valence-corrected chi connectivity index (χ2v) is 3.96. The van der Waals surface area contributed by atoms with Gasteiger partial charge in [0, 0.05) is 12.3 Å². The molecule has 1 aromatic heterocycles. The Balaban J connectivity index is 3.17. The van der Waals surface area contributed by atoms with E-state index >= 15 is 0 Å². The van der Waals surface area contributed by atoms with Crippen molar-refractivity contribution in [3.63, 3.8) is 0 Å². The van der Waals surface area contributed by atoms with Gasteiger partial charge >= 0.3 is 5.69 Å². The van der Waals surface area contributed by atoms with Crippen molar-refractivity contribution in [2.24, 2.45) is 0 Å². The average molecular weight is 252 g/mol. The van der Waals surface area contributed by atoms with Gasteiger partial charge in [-0.05, 0) is 6.92 Å². The second kappa shape index (κ2) is 5.39. The molecule has 0 aliphatic heterocycles. The largest absolute Gasteiger partial charge is 0.394 e. The molecule has 0 atom stereocenters. The van der Waals surface area contributed by atoms with Gasteiger partial charge in [0.05, 0.1) is 29.2 Å². The van der Waals surface area contributed by atoms with Crippen molar-refractivity contribution >= 4 is 11.5 Å². The Morgan fingerprint density at radius 2 is 2.22 bits per heavy atom. The van der Waals surface area contributed by atoms with Crippen LogP contribution in [0.3, 0.4) is 0 Å². The lowest BCUT2D eigenvalue weighted by atomic mass is 10.1. The van der Waals surface area contributed by atoms with Crippen LogP contribution in [0, 0.1) is 21.4 Å². The van der Waals surface area contributed by atoms with Crippen molar-refractivity contribution in [1.29, 1.82) is 5.26 Å². The number of nitrogens with one attached hydrogen (secondary N) is 1. The van der Waals surface area contributed by atoms with Crippen molar-refractivity contribution in [3.05, 3.63) is 27.9 Å². The Morgan fingerprint density at radius 3 is 2.67 bits per heavy atom. The number of aliphatic hydroxyl groups excluding tert-OH is 2. The van der Waals surface area contributed by atoms with Crippen LogP contribution < -0.4 is 5.32 Å². The van der Waals surface area contributed by atoms with Gasteiger partial charge in [-0.15, -0.1) is 0 Å². The monoisotopic (exact) mass is 252 g/mol. The number of anilines is 1. The first-order chi connectivity index (χ1) is 8.45. The molecule has 0 saturated heterocycles. The molecule has 3 N–H and O–H groups in total. The van der Waals surface area contributed by atoms with E-state index in [4.69, 9.17) is 15.5 Å². The van der Waals surface area contributed by atoms with Crippen LogP contribution in [0.5, 0.6) is 0 Å². The number of hydrogen-bond acceptors (Lipinski definition) is 7. The minimum atomic E-state index is -1.13. The van der Waals surface area contributed by atoms with Crippen LogP contribution in [0.25, 0.3) is 0 Å². The summed E-state index contributed by atoms with van der Waals surface area (Å²) in [5.74, 6) is -0.107. The van der Waals surface area contributed by atoms with E-state index in [1.54, 1.807) is 6.07 Å². The summed E-state index contributed by atoms with van der Waals surface area (Å²) < 4.78 is 0. The number of nitro groups is 1. The molecule has 8 heteroatoms. The lowest BCUT2D eigenvalue weighted by Crippen LogP contribution is -2.43. The summed E-state index contributed by atoms with van der Waals surface area (Å²) in [6.45, 7) is 0.626. The van der Waals surface area contributed by atoms with Gasteiger partial charge < -0.3 is 15.5 Å². The maximum Gasteiger partial charge on any atom is 0.312 e. The molecular formula is C10H12N4O4. The van der Waals surface area contributed by atoms with Crippen molar-refractivity contribution in [1.82, 2.24) is 4.98 Å². The summed E-state index contributed by atoms with van der Waals surface area (Å²) >= 11 is 0. The fourth-order valence-corrected chi connectivity index (χ4v) is 1.16. The zero-order valence-electron chi connectivity index (χ0n) is 9.62. The maximum absolute atomic E-state index is 10.8. The molecule has 1 aromatic rings. The Hall–Kier alpha value is -2.24. The van der Waals surface area contributed by atoms with Crippen molar-refractivity contribution in [2.45, 2.75) is 12.5 Å². The maximum atomic E-state index is 10.8. The highest BCUT2D eigenvalue weighted by Gasteiger charge is 2.27. The van der Waals surface area contributed by atoms with Crippen molar-refractivity contribution in [3.8, 4) is 6.07 Å². The minimum Gasteiger partial charge on any atom is -0.394 e. The van der Waals surface area contributed by atoms with Crippen molar-refractivity contribution < 1.29 is 15.1 Å². The van der Waals surface area contributed by atoms with E-state index in [9.17, 15) is 10.1 Å². The standard InChI is InChI=1S/C10H12N4O4/c1-10(5-15,6-16)13-9-8(14(17)18)2-7(3-11)4-12-9/h2,4,15-16H,5-6H2,1H3,(H,12,13). The van der Waals surface area contributed by atoms with Gasteiger partial charge in [-0.2, -0.15) is 5.26 Å². The Bertz CT molecular complexity index is 493. The zero-order valence-corrected chi connectivity index (χ0v) is 9.62. The fourth-order valence-electron chi connectivity index (χ4n) is 1.16. The van der Waals surface area contributed by atoms with E-state index in [0.29, 0.717) is 0 Å². The molecule has 0 fully saturated rings. The van der Waals surface area contributed by atoms with Gasteiger partial charge in [-0.1, -0.05) is 0 Å². The predicted molar refractivity (Wildman–Crippen MR) is 61.8 cm³/mol. The summed E-state index contributed by atoms with van der Waals surface area (Å²) in [5, 5.41) is 40.3. The van der Waals surface area contributed by atoms with E-state index in [2.05, 4.69) is 10.3 Å². The van der Waals surface area contributed by atoms with Gasteiger partial charge in [-0.3, -0.25) is 10.1 Å². The van der Waals surface area contributed by atoms with E-state index in [1.807, 2.05) is 0 Å². The highest BCUT2D eigenvalue weighted by molar-refractivity contribution is 5.59. The van der Waals surface area contributed by atoms with Gasteiger partial charge in [0.25, 0.3) is 0 Å². The molecule has 0 radical (unpaired) electrons. The van der Waals surface area contributed by atoms with Crippen LogP contribution in [-0.2, 0) is 0 Å². The first kappa shape index (κ1) is 13.8. The number of aliphatic hydroxyl groups is 2. The van der Waals surface area contributed by atoms with E-state index in [0.717, 1.165) is 6.07 Å². The molecule has 0 aliphatic rings. The van der Waals surface area contributed by atoms with Crippen LogP contribution in [0.1, 0.15) is 12.5 Å². The van der Waals surface area contributed by atoms with Crippen LogP contribution >= 0.6 is 0 Å². The van der Waals surface area contributed by atoms with Crippen LogP contribution in [-0.4, -0.2) is 38.9 Å². The lowest BCUT2D eigenvalue weighted by Gasteiger charge is -2.26. The van der Waals surface area contributed by atoms with Gasteiger partial charge in [0.15, 0.2) is 0 Å². The molecule has 0 unspecified atom stereocenters. The minimum absolute atomic E-state index is 0.0574. The molecule has 0 spiro atoms. The molecule has 8 nitrogen and oxygen atoms in total. The number of nitriles is 1. The number of rotatable bonds is 5. The SMILES string of the molecule is CC(CO)(CO)Nc1ncc(C#N)cc1[N+](=O)[O-].